The van der Waals surface area contributed by atoms with Crippen LogP contribution in [0.1, 0.15) is 63.3 Å². The Morgan fingerprint density at radius 2 is 1.86 bits per heavy atom. The Kier molecular flexibility index (Phi) is 4.97. The van der Waals surface area contributed by atoms with Gasteiger partial charge in [0, 0.05) is 12.6 Å². The van der Waals surface area contributed by atoms with Gasteiger partial charge in [0.05, 0.1) is 7.11 Å². The number of nitrogens with two attached hydrogens (primary N) is 1. The summed E-state index contributed by atoms with van der Waals surface area (Å²) in [6.45, 7) is 0.770. The van der Waals surface area contributed by atoms with Crippen LogP contribution in [0.15, 0.2) is 0 Å². The van der Waals surface area contributed by atoms with E-state index >= 15 is 0 Å². The van der Waals surface area contributed by atoms with Gasteiger partial charge in [0.25, 0.3) is 0 Å². The number of nitrogen functional groups attached to an aromatic ring is 1. The van der Waals surface area contributed by atoms with E-state index < -0.39 is 0 Å². The minimum Gasteiger partial charge on any atom is -0.479 e. The van der Waals surface area contributed by atoms with Gasteiger partial charge in [-0.1, -0.05) is 25.7 Å². The van der Waals surface area contributed by atoms with Gasteiger partial charge in [0.2, 0.25) is 5.88 Å². The lowest BCUT2D eigenvalue weighted by molar-refractivity contribution is 0.104. The Hall–Kier alpha value is -1.56. The number of nitrogens with one attached hydrogen (secondary N) is 1. The Bertz CT molecular complexity index is 495. The first kappa shape index (κ1) is 15.3. The highest BCUT2D eigenvalue weighted by Gasteiger charge is 2.24. The van der Waals surface area contributed by atoms with E-state index in [1.807, 2.05) is 0 Å². The molecule has 2 heterocycles. The van der Waals surface area contributed by atoms with Gasteiger partial charge in [-0.15, -0.1) is 0 Å². The van der Waals surface area contributed by atoms with Gasteiger partial charge in [-0.3, -0.25) is 0 Å². The Balaban J connectivity index is 1.82. The second kappa shape index (κ2) is 7.13. The van der Waals surface area contributed by atoms with Gasteiger partial charge in [-0.2, -0.15) is 4.98 Å². The summed E-state index contributed by atoms with van der Waals surface area (Å²) in [6.07, 6.45) is 9.47. The van der Waals surface area contributed by atoms with E-state index in [2.05, 4.69) is 15.3 Å². The molecule has 6 heteroatoms. The summed E-state index contributed by atoms with van der Waals surface area (Å²) < 4.78 is 11.0. The molecular formula is C16H26N4O2. The highest BCUT2D eigenvalue weighted by Crippen LogP contribution is 2.33. The molecule has 6 nitrogen and oxygen atoms in total. The van der Waals surface area contributed by atoms with Crippen LogP contribution in [0, 0.1) is 0 Å². The third kappa shape index (κ3) is 3.43. The summed E-state index contributed by atoms with van der Waals surface area (Å²) in [5.41, 5.74) is 6.66. The Labute approximate surface area is 131 Å². The van der Waals surface area contributed by atoms with E-state index in [0.717, 1.165) is 19.4 Å². The van der Waals surface area contributed by atoms with Crippen LogP contribution in [-0.4, -0.2) is 29.7 Å². The van der Waals surface area contributed by atoms with E-state index in [4.69, 9.17) is 15.2 Å². The molecule has 1 unspecified atom stereocenters. The average molecular weight is 306 g/mol. The lowest BCUT2D eigenvalue weighted by Gasteiger charge is -2.20. The summed E-state index contributed by atoms with van der Waals surface area (Å²) in [5, 5.41) is 3.52. The normalized spacial score (nSPS) is 23.2. The van der Waals surface area contributed by atoms with E-state index in [-0.39, 0.29) is 6.10 Å². The van der Waals surface area contributed by atoms with E-state index in [1.54, 1.807) is 7.11 Å². The minimum atomic E-state index is -0.0378. The van der Waals surface area contributed by atoms with Crippen molar-refractivity contribution in [3.63, 3.8) is 0 Å². The summed E-state index contributed by atoms with van der Waals surface area (Å²) in [7, 11) is 1.59. The average Bonchev–Trinajstić information content (AvgIpc) is 2.95. The molecule has 0 radical (unpaired) electrons. The summed E-state index contributed by atoms with van der Waals surface area (Å²) in [4.78, 5) is 9.06. The summed E-state index contributed by atoms with van der Waals surface area (Å²) in [6, 6.07) is 0.432. The lowest BCUT2D eigenvalue weighted by atomic mass is 10.1. The molecule has 1 atom stereocenters. The smallest absolute Gasteiger partial charge is 0.242 e. The maximum Gasteiger partial charge on any atom is 0.242 e. The van der Waals surface area contributed by atoms with Gasteiger partial charge in [-0.25, -0.2) is 4.98 Å². The van der Waals surface area contributed by atoms with E-state index in [9.17, 15) is 0 Å². The zero-order chi connectivity index (χ0) is 15.4. The van der Waals surface area contributed by atoms with Crippen molar-refractivity contribution in [3.8, 4) is 5.88 Å². The van der Waals surface area contributed by atoms with Crippen molar-refractivity contribution in [2.45, 2.75) is 63.5 Å². The van der Waals surface area contributed by atoms with Crippen LogP contribution in [0.25, 0.3) is 0 Å². The first-order chi connectivity index (χ1) is 10.8. The van der Waals surface area contributed by atoms with Crippen LogP contribution in [-0.2, 0) is 4.74 Å². The van der Waals surface area contributed by atoms with Crippen LogP contribution < -0.4 is 15.8 Å². The fourth-order valence-electron chi connectivity index (χ4n) is 3.27. The molecule has 3 N–H and O–H groups in total. The fraction of sp³-hybridized carbons (Fsp3) is 0.750. The molecule has 1 aromatic rings. The van der Waals surface area contributed by atoms with Gasteiger partial charge < -0.3 is 20.5 Å². The molecule has 1 aliphatic heterocycles. The number of nitrogens with zero attached hydrogens (tertiary/aromatic N) is 2. The number of rotatable bonds is 4. The van der Waals surface area contributed by atoms with Crippen molar-refractivity contribution in [1.29, 1.82) is 0 Å². The standard InChI is InChI=1S/C16H26N4O2/c1-21-16-13(17)15(18-11-7-4-2-3-5-8-11)19-14(20-16)12-9-6-10-22-12/h11-12H,2-10,17H2,1H3,(H,18,19,20). The fourth-order valence-corrected chi connectivity index (χ4v) is 3.27. The van der Waals surface area contributed by atoms with Crippen molar-refractivity contribution in [2.75, 3.05) is 24.8 Å². The topological polar surface area (TPSA) is 82.3 Å². The number of anilines is 2. The zero-order valence-electron chi connectivity index (χ0n) is 13.3. The van der Waals surface area contributed by atoms with E-state index in [1.165, 1.54) is 38.5 Å². The maximum absolute atomic E-state index is 6.16. The molecule has 1 saturated carbocycles. The Morgan fingerprint density at radius 1 is 1.09 bits per heavy atom. The number of hydrogen-bond acceptors (Lipinski definition) is 6. The summed E-state index contributed by atoms with van der Waals surface area (Å²) in [5.74, 6) is 1.82. The quantitative estimate of drug-likeness (QED) is 0.832. The number of ether oxygens (including phenoxy) is 2. The first-order valence-corrected chi connectivity index (χ1v) is 8.37. The molecule has 2 fully saturated rings. The molecule has 3 rings (SSSR count). The second-order valence-electron chi connectivity index (χ2n) is 6.19. The van der Waals surface area contributed by atoms with Crippen LogP contribution in [0.2, 0.25) is 0 Å². The monoisotopic (exact) mass is 306 g/mol. The molecule has 1 aliphatic carbocycles. The molecule has 2 aliphatic rings. The van der Waals surface area contributed by atoms with Crippen molar-refractivity contribution in [1.82, 2.24) is 9.97 Å². The predicted molar refractivity (Wildman–Crippen MR) is 86.0 cm³/mol. The lowest BCUT2D eigenvalue weighted by Crippen LogP contribution is -2.21. The third-order valence-corrected chi connectivity index (χ3v) is 4.54. The zero-order valence-corrected chi connectivity index (χ0v) is 13.3. The highest BCUT2D eigenvalue weighted by molar-refractivity contribution is 5.67. The molecule has 122 valence electrons. The molecule has 0 bridgehead atoms. The maximum atomic E-state index is 6.16. The minimum absolute atomic E-state index is 0.0378. The predicted octanol–water partition coefficient (Wildman–Crippen LogP) is 3.05. The Morgan fingerprint density at radius 3 is 2.50 bits per heavy atom. The van der Waals surface area contributed by atoms with Gasteiger partial charge >= 0.3 is 0 Å². The van der Waals surface area contributed by atoms with Gasteiger partial charge in [-0.05, 0) is 25.7 Å². The van der Waals surface area contributed by atoms with E-state index in [0.29, 0.717) is 29.3 Å². The van der Waals surface area contributed by atoms with Crippen molar-refractivity contribution in [2.24, 2.45) is 0 Å². The largest absolute Gasteiger partial charge is 0.479 e. The molecule has 0 amide bonds. The SMILES string of the molecule is COc1nc(C2CCCO2)nc(NC2CCCCCC2)c1N. The van der Waals surface area contributed by atoms with Crippen molar-refractivity contribution in [3.05, 3.63) is 5.82 Å². The van der Waals surface area contributed by atoms with Crippen molar-refractivity contribution < 1.29 is 9.47 Å². The molecule has 22 heavy (non-hydrogen) atoms. The number of methoxy groups -OCH3 is 1. The van der Waals surface area contributed by atoms with Gasteiger partial charge in [0.1, 0.15) is 11.8 Å². The van der Waals surface area contributed by atoms with Crippen molar-refractivity contribution >= 4 is 11.5 Å². The molecule has 0 aromatic carbocycles. The summed E-state index contributed by atoms with van der Waals surface area (Å²) >= 11 is 0. The number of aromatic nitrogens is 2. The van der Waals surface area contributed by atoms with Crippen LogP contribution in [0.5, 0.6) is 5.88 Å². The first-order valence-electron chi connectivity index (χ1n) is 8.37. The number of hydrogen-bond donors (Lipinski definition) is 2. The molecule has 1 saturated heterocycles. The molecule has 0 spiro atoms. The van der Waals surface area contributed by atoms with Gasteiger partial charge in [0.15, 0.2) is 11.6 Å². The van der Waals surface area contributed by atoms with Crippen LogP contribution >= 0.6 is 0 Å². The van der Waals surface area contributed by atoms with Crippen LogP contribution in [0.4, 0.5) is 11.5 Å². The van der Waals surface area contributed by atoms with Crippen LogP contribution in [0.3, 0.4) is 0 Å². The third-order valence-electron chi connectivity index (χ3n) is 4.54. The molecular weight excluding hydrogens is 280 g/mol. The highest BCUT2D eigenvalue weighted by atomic mass is 16.5. The molecule has 1 aromatic heterocycles. The second-order valence-corrected chi connectivity index (χ2v) is 6.19.